The largest absolute Gasteiger partial charge is 0.377 e. The first-order valence-electron chi connectivity index (χ1n) is 7.28. The Hall–Kier alpha value is -0.630. The van der Waals surface area contributed by atoms with Gasteiger partial charge in [0, 0.05) is 31.8 Å². The first-order valence-corrected chi connectivity index (χ1v) is 9.25. The number of alkyl halides is 1. The van der Waals surface area contributed by atoms with Gasteiger partial charge in [0.05, 0.1) is 18.8 Å². The van der Waals surface area contributed by atoms with Gasteiger partial charge >= 0.3 is 0 Å². The monoisotopic (exact) mass is 335 g/mol. The normalized spacial score (nSPS) is 20.8. The molecule has 21 heavy (non-hydrogen) atoms. The summed E-state index contributed by atoms with van der Waals surface area (Å²) < 4.78 is 34.0. The lowest BCUT2D eigenvalue weighted by atomic mass is 10.1. The Morgan fingerprint density at radius 3 is 3.05 bits per heavy atom. The summed E-state index contributed by atoms with van der Waals surface area (Å²) in [5.41, 5.74) is 0. The molecule has 1 aromatic rings. The van der Waals surface area contributed by atoms with Gasteiger partial charge < -0.3 is 4.74 Å². The molecule has 1 aliphatic heterocycles. The van der Waals surface area contributed by atoms with Crippen LogP contribution in [0.2, 0.25) is 0 Å². The molecule has 1 aromatic heterocycles. The molecule has 0 N–H and O–H groups in total. The summed E-state index contributed by atoms with van der Waals surface area (Å²) in [6, 6.07) is 0. The van der Waals surface area contributed by atoms with Crippen LogP contribution in [0.3, 0.4) is 0 Å². The molecule has 2 rings (SSSR count). The lowest BCUT2D eigenvalue weighted by Gasteiger charge is -2.31. The second kappa shape index (κ2) is 7.58. The Balaban J connectivity index is 2.06. The minimum Gasteiger partial charge on any atom is -0.377 e. The molecule has 120 valence electrons. The van der Waals surface area contributed by atoms with Crippen molar-refractivity contribution < 1.29 is 13.2 Å². The zero-order valence-electron chi connectivity index (χ0n) is 12.2. The van der Waals surface area contributed by atoms with E-state index in [1.165, 1.54) is 16.7 Å². The van der Waals surface area contributed by atoms with E-state index in [2.05, 4.69) is 5.10 Å². The number of rotatable bonds is 7. The maximum atomic E-state index is 12.6. The number of ether oxygens (including phenoxy) is 1. The number of hydrogen-bond donors (Lipinski definition) is 0. The molecule has 2 heterocycles. The van der Waals surface area contributed by atoms with Crippen LogP contribution < -0.4 is 0 Å². The van der Waals surface area contributed by atoms with Crippen molar-refractivity contribution in [3.05, 3.63) is 12.4 Å². The quantitative estimate of drug-likeness (QED) is 0.711. The molecule has 0 aromatic carbocycles. The van der Waals surface area contributed by atoms with Crippen LogP contribution in [-0.4, -0.2) is 54.2 Å². The number of nitrogens with zero attached hydrogens (tertiary/aromatic N) is 3. The van der Waals surface area contributed by atoms with Crippen molar-refractivity contribution in [2.24, 2.45) is 0 Å². The fourth-order valence-corrected chi connectivity index (χ4v) is 4.02. The highest BCUT2D eigenvalue weighted by Gasteiger charge is 2.31. The van der Waals surface area contributed by atoms with Crippen LogP contribution in [0.1, 0.15) is 26.2 Å². The van der Waals surface area contributed by atoms with Gasteiger partial charge in [-0.25, -0.2) is 8.42 Å². The van der Waals surface area contributed by atoms with Gasteiger partial charge in [-0.3, -0.25) is 4.68 Å². The lowest BCUT2D eigenvalue weighted by molar-refractivity contribution is 0.0193. The third-order valence-electron chi connectivity index (χ3n) is 3.46. The van der Waals surface area contributed by atoms with Crippen LogP contribution in [0.25, 0.3) is 0 Å². The summed E-state index contributed by atoms with van der Waals surface area (Å²) in [5, 5.41) is 4.03. The predicted molar refractivity (Wildman–Crippen MR) is 81.0 cm³/mol. The van der Waals surface area contributed by atoms with E-state index in [0.29, 0.717) is 32.1 Å². The van der Waals surface area contributed by atoms with Gasteiger partial charge in [0.2, 0.25) is 10.0 Å². The van der Waals surface area contributed by atoms with Gasteiger partial charge in [-0.2, -0.15) is 9.40 Å². The Labute approximate surface area is 131 Å². The maximum absolute atomic E-state index is 12.6. The molecule has 1 saturated heterocycles. The van der Waals surface area contributed by atoms with Gasteiger partial charge in [-0.05, 0) is 19.3 Å². The Morgan fingerprint density at radius 1 is 1.52 bits per heavy atom. The molecule has 0 amide bonds. The van der Waals surface area contributed by atoms with Gasteiger partial charge in [-0.1, -0.05) is 6.92 Å². The van der Waals surface area contributed by atoms with Gasteiger partial charge in [-0.15, -0.1) is 11.6 Å². The standard InChI is InChI=1S/C13H22ClN3O3S/c1-2-8-20-12-4-3-6-17(10-12)21(18,19)13-9-15-16(11-13)7-5-14/h9,11-12H,2-8,10H2,1H3. The van der Waals surface area contributed by atoms with E-state index in [4.69, 9.17) is 16.3 Å². The smallest absolute Gasteiger partial charge is 0.246 e. The van der Waals surface area contributed by atoms with Crippen molar-refractivity contribution in [3.8, 4) is 0 Å². The molecule has 8 heteroatoms. The first-order chi connectivity index (χ1) is 10.1. The third kappa shape index (κ3) is 4.18. The summed E-state index contributed by atoms with van der Waals surface area (Å²) in [6.45, 7) is 4.17. The van der Waals surface area contributed by atoms with Crippen molar-refractivity contribution in [2.75, 3.05) is 25.6 Å². The van der Waals surface area contributed by atoms with Crippen molar-refractivity contribution in [1.82, 2.24) is 14.1 Å². The number of hydrogen-bond acceptors (Lipinski definition) is 4. The summed E-state index contributed by atoms with van der Waals surface area (Å²) >= 11 is 5.64. The average Bonchev–Trinajstić information content (AvgIpc) is 2.95. The molecule has 0 bridgehead atoms. The summed E-state index contributed by atoms with van der Waals surface area (Å²) in [5.74, 6) is 0.401. The molecule has 0 spiro atoms. The zero-order chi connectivity index (χ0) is 15.3. The summed E-state index contributed by atoms with van der Waals surface area (Å²) in [6.07, 6.45) is 5.59. The van der Waals surface area contributed by atoms with Crippen LogP contribution in [0.4, 0.5) is 0 Å². The highest BCUT2D eigenvalue weighted by atomic mass is 35.5. The highest BCUT2D eigenvalue weighted by Crippen LogP contribution is 2.21. The second-order valence-corrected chi connectivity index (χ2v) is 7.44. The third-order valence-corrected chi connectivity index (χ3v) is 5.45. The van der Waals surface area contributed by atoms with E-state index < -0.39 is 10.0 Å². The van der Waals surface area contributed by atoms with Crippen LogP contribution in [0, 0.1) is 0 Å². The fourth-order valence-electron chi connectivity index (χ4n) is 2.38. The van der Waals surface area contributed by atoms with Crippen molar-refractivity contribution in [1.29, 1.82) is 0 Å². The molecule has 1 unspecified atom stereocenters. The van der Waals surface area contributed by atoms with E-state index in [0.717, 1.165) is 19.3 Å². The molecule has 6 nitrogen and oxygen atoms in total. The predicted octanol–water partition coefficient (Wildman–Crippen LogP) is 1.70. The number of piperidine rings is 1. The van der Waals surface area contributed by atoms with Crippen LogP contribution in [-0.2, 0) is 21.3 Å². The minimum atomic E-state index is -3.49. The summed E-state index contributed by atoms with van der Waals surface area (Å²) in [4.78, 5) is 0.226. The zero-order valence-corrected chi connectivity index (χ0v) is 13.8. The van der Waals surface area contributed by atoms with E-state index in [-0.39, 0.29) is 11.0 Å². The Kier molecular flexibility index (Phi) is 6.04. The Bertz CT molecular complexity index is 547. The minimum absolute atomic E-state index is 0.00800. The lowest BCUT2D eigenvalue weighted by Crippen LogP contribution is -2.43. The van der Waals surface area contributed by atoms with Crippen molar-refractivity contribution in [2.45, 2.75) is 43.7 Å². The average molecular weight is 336 g/mol. The highest BCUT2D eigenvalue weighted by molar-refractivity contribution is 7.89. The molecular weight excluding hydrogens is 314 g/mol. The van der Waals surface area contributed by atoms with E-state index >= 15 is 0 Å². The second-order valence-electron chi connectivity index (χ2n) is 5.13. The molecule has 1 fully saturated rings. The van der Waals surface area contributed by atoms with Crippen LogP contribution in [0.5, 0.6) is 0 Å². The van der Waals surface area contributed by atoms with E-state index in [9.17, 15) is 8.42 Å². The first kappa shape index (κ1) is 16.7. The SMILES string of the molecule is CCCOC1CCCN(S(=O)(=O)c2cnn(CCCl)c2)C1. The van der Waals surface area contributed by atoms with Gasteiger partial charge in [0.15, 0.2) is 0 Å². The summed E-state index contributed by atoms with van der Waals surface area (Å²) in [7, 11) is -3.49. The maximum Gasteiger partial charge on any atom is 0.246 e. The topological polar surface area (TPSA) is 64.4 Å². The molecule has 0 radical (unpaired) electrons. The van der Waals surface area contributed by atoms with Crippen LogP contribution in [0.15, 0.2) is 17.3 Å². The van der Waals surface area contributed by atoms with Crippen LogP contribution >= 0.6 is 11.6 Å². The Morgan fingerprint density at radius 2 is 2.33 bits per heavy atom. The number of halogens is 1. The molecule has 1 aliphatic rings. The number of sulfonamides is 1. The molecule has 0 aliphatic carbocycles. The van der Waals surface area contributed by atoms with Gasteiger partial charge in [0.1, 0.15) is 4.90 Å². The number of aromatic nitrogens is 2. The number of aryl methyl sites for hydroxylation is 1. The molecule has 1 atom stereocenters. The van der Waals surface area contributed by atoms with Gasteiger partial charge in [0.25, 0.3) is 0 Å². The van der Waals surface area contributed by atoms with E-state index in [1.807, 2.05) is 6.92 Å². The molecule has 0 saturated carbocycles. The van der Waals surface area contributed by atoms with E-state index in [1.54, 1.807) is 4.68 Å². The van der Waals surface area contributed by atoms with Crippen molar-refractivity contribution >= 4 is 21.6 Å². The molecular formula is C13H22ClN3O3S. The fraction of sp³-hybridized carbons (Fsp3) is 0.769. The van der Waals surface area contributed by atoms with Crippen molar-refractivity contribution in [3.63, 3.8) is 0 Å².